The number of allylic oxidation sites excluding steroid dienone is 16. The quantitative estimate of drug-likeness (QED) is 0.123. The summed E-state index contributed by atoms with van der Waals surface area (Å²) in [6.45, 7) is 23.4. The van der Waals surface area contributed by atoms with Gasteiger partial charge in [0.15, 0.2) is 0 Å². The molecule has 0 aromatic rings. The average molecular weight is 543 g/mol. The third-order valence-electron chi connectivity index (χ3n) is 9.51. The van der Waals surface area contributed by atoms with Crippen LogP contribution in [0.2, 0.25) is 0 Å². The van der Waals surface area contributed by atoms with Crippen LogP contribution in [0.25, 0.3) is 0 Å². The predicted octanol–water partition coefficient (Wildman–Crippen LogP) is 13.1. The Morgan fingerprint density at radius 1 is 0.825 bits per heavy atom. The highest BCUT2D eigenvalue weighted by Gasteiger charge is 2.32. The molecule has 0 nitrogen and oxygen atoms in total. The van der Waals surface area contributed by atoms with Crippen molar-refractivity contribution in [3.8, 4) is 0 Å². The Bertz CT molecular complexity index is 1070. The maximum absolute atomic E-state index is 2.49. The second kappa shape index (κ2) is 16.4. The summed E-state index contributed by atoms with van der Waals surface area (Å²) >= 11 is 0. The molecular weight excluding hydrogens is 480 g/mol. The maximum atomic E-state index is 2.49. The van der Waals surface area contributed by atoms with Crippen molar-refractivity contribution in [3.05, 3.63) is 93.7 Å². The molecule has 0 heteroatoms. The summed E-state index contributed by atoms with van der Waals surface area (Å²) in [4.78, 5) is 0. The lowest BCUT2D eigenvalue weighted by molar-refractivity contribution is 0.204. The van der Waals surface area contributed by atoms with Crippen LogP contribution in [0.5, 0.6) is 0 Å². The van der Waals surface area contributed by atoms with Gasteiger partial charge >= 0.3 is 0 Å². The molecule has 0 amide bonds. The van der Waals surface area contributed by atoms with Crippen LogP contribution in [0.15, 0.2) is 93.7 Å². The minimum Gasteiger partial charge on any atom is -0.0853 e. The van der Waals surface area contributed by atoms with Crippen molar-refractivity contribution < 1.29 is 0 Å². The van der Waals surface area contributed by atoms with E-state index in [4.69, 9.17) is 0 Å². The summed E-state index contributed by atoms with van der Waals surface area (Å²) in [5.74, 6) is 0.746. The van der Waals surface area contributed by atoms with Crippen molar-refractivity contribution >= 4 is 0 Å². The maximum Gasteiger partial charge on any atom is -0.0104 e. The minimum atomic E-state index is 0.305. The average Bonchev–Trinajstić information content (AvgIpc) is 2.85. The summed E-state index contributed by atoms with van der Waals surface area (Å²) in [7, 11) is 0. The zero-order valence-corrected chi connectivity index (χ0v) is 28.1. The van der Waals surface area contributed by atoms with E-state index in [1.54, 1.807) is 16.7 Å². The Morgan fingerprint density at radius 2 is 1.50 bits per heavy atom. The highest BCUT2D eigenvalue weighted by atomic mass is 14.4. The SMILES string of the molecule is CC1=CCCC(C)(C)[C@H]1CC/C(C)=C/CC/C(C)=C/CC\C=C(C)/C=C/C=C(C)/C=C/C1=C(C)CCCC1(C)C. The summed E-state index contributed by atoms with van der Waals surface area (Å²) in [6.07, 6.45) is 34.7. The van der Waals surface area contributed by atoms with E-state index in [1.165, 1.54) is 80.1 Å². The van der Waals surface area contributed by atoms with Gasteiger partial charge in [0, 0.05) is 0 Å². The fourth-order valence-corrected chi connectivity index (χ4v) is 6.69. The first-order valence-corrected chi connectivity index (χ1v) is 16.2. The summed E-state index contributed by atoms with van der Waals surface area (Å²) < 4.78 is 0. The Hall–Kier alpha value is -2.08. The molecule has 2 aliphatic carbocycles. The zero-order valence-electron chi connectivity index (χ0n) is 28.1. The molecule has 0 aromatic heterocycles. The van der Waals surface area contributed by atoms with Crippen molar-refractivity contribution in [2.24, 2.45) is 16.7 Å². The predicted molar refractivity (Wildman–Crippen MR) is 182 cm³/mol. The Balaban J connectivity index is 1.72. The fourth-order valence-electron chi connectivity index (χ4n) is 6.69. The molecule has 0 spiro atoms. The molecular formula is C40H62. The molecule has 0 unspecified atom stereocenters. The van der Waals surface area contributed by atoms with Gasteiger partial charge in [0.25, 0.3) is 0 Å². The van der Waals surface area contributed by atoms with Crippen LogP contribution in [0, 0.1) is 16.7 Å². The van der Waals surface area contributed by atoms with E-state index in [0.29, 0.717) is 10.8 Å². The molecule has 2 rings (SSSR count). The molecule has 0 bridgehead atoms. The van der Waals surface area contributed by atoms with Gasteiger partial charge in [0.05, 0.1) is 0 Å². The molecule has 2 aliphatic rings. The van der Waals surface area contributed by atoms with Crippen LogP contribution in [-0.4, -0.2) is 0 Å². The minimum absolute atomic E-state index is 0.305. The summed E-state index contributed by atoms with van der Waals surface area (Å²) in [5.41, 5.74) is 11.2. The van der Waals surface area contributed by atoms with E-state index >= 15 is 0 Å². The topological polar surface area (TPSA) is 0 Å². The van der Waals surface area contributed by atoms with Crippen LogP contribution >= 0.6 is 0 Å². The van der Waals surface area contributed by atoms with Gasteiger partial charge in [0.1, 0.15) is 0 Å². The molecule has 40 heavy (non-hydrogen) atoms. The van der Waals surface area contributed by atoms with E-state index in [0.717, 1.165) is 18.8 Å². The largest absolute Gasteiger partial charge is 0.0853 e. The van der Waals surface area contributed by atoms with Gasteiger partial charge in [-0.15, -0.1) is 0 Å². The van der Waals surface area contributed by atoms with Gasteiger partial charge in [-0.05, 0) is 134 Å². The molecule has 0 N–H and O–H groups in total. The number of hydrogen-bond acceptors (Lipinski definition) is 0. The standard InChI is InChI=1S/C40H62/c1-31(19-13-21-33(3)25-27-37-35(5)23-15-29-39(37,7)8)17-11-12-18-32(2)20-14-22-34(4)26-28-38-36(6)24-16-30-40(38,9)10/h13,17-19,21-22,24-25,27,38H,11-12,14-16,20,23,26,28-30H2,1-10H3/b19-13+,27-25+,31-17-,32-18+,33-21+,34-22+/t38-/m0/s1. The van der Waals surface area contributed by atoms with Crippen LogP contribution in [0.3, 0.4) is 0 Å². The van der Waals surface area contributed by atoms with E-state index in [-0.39, 0.29) is 0 Å². The lowest BCUT2D eigenvalue weighted by atomic mass is 9.67. The van der Waals surface area contributed by atoms with Gasteiger partial charge in [-0.2, -0.15) is 0 Å². The van der Waals surface area contributed by atoms with Gasteiger partial charge < -0.3 is 0 Å². The van der Waals surface area contributed by atoms with Gasteiger partial charge in [-0.1, -0.05) is 116 Å². The Morgan fingerprint density at radius 3 is 2.20 bits per heavy atom. The molecule has 0 saturated heterocycles. The van der Waals surface area contributed by atoms with Crippen molar-refractivity contribution in [3.63, 3.8) is 0 Å². The zero-order chi connectivity index (χ0) is 29.8. The normalized spacial score (nSPS) is 22.9. The highest BCUT2D eigenvalue weighted by molar-refractivity contribution is 5.37. The van der Waals surface area contributed by atoms with Crippen LogP contribution < -0.4 is 0 Å². The molecule has 0 fully saturated rings. The Labute approximate surface area is 249 Å². The van der Waals surface area contributed by atoms with E-state index < -0.39 is 0 Å². The molecule has 0 aromatic carbocycles. The first kappa shape index (κ1) is 34.1. The van der Waals surface area contributed by atoms with Crippen molar-refractivity contribution in [1.29, 1.82) is 0 Å². The van der Waals surface area contributed by atoms with E-state index in [1.807, 2.05) is 0 Å². The molecule has 1 atom stereocenters. The number of hydrogen-bond donors (Lipinski definition) is 0. The third kappa shape index (κ3) is 11.8. The summed E-state index contributed by atoms with van der Waals surface area (Å²) in [5, 5.41) is 0. The van der Waals surface area contributed by atoms with E-state index in [9.17, 15) is 0 Å². The smallest absolute Gasteiger partial charge is 0.0104 e. The lowest BCUT2D eigenvalue weighted by Gasteiger charge is -2.38. The monoisotopic (exact) mass is 542 g/mol. The van der Waals surface area contributed by atoms with Crippen LogP contribution in [-0.2, 0) is 0 Å². The van der Waals surface area contributed by atoms with Crippen LogP contribution in [0.4, 0.5) is 0 Å². The van der Waals surface area contributed by atoms with Crippen molar-refractivity contribution in [2.75, 3.05) is 0 Å². The molecule has 0 aliphatic heterocycles. The Kier molecular flexibility index (Phi) is 14.0. The molecule has 0 radical (unpaired) electrons. The first-order chi connectivity index (χ1) is 18.8. The van der Waals surface area contributed by atoms with Crippen LogP contribution in [0.1, 0.15) is 140 Å². The second-order valence-electron chi connectivity index (χ2n) is 14.3. The number of rotatable bonds is 13. The van der Waals surface area contributed by atoms with Gasteiger partial charge in [0.2, 0.25) is 0 Å². The number of unbranched alkanes of at least 4 members (excludes halogenated alkanes) is 1. The van der Waals surface area contributed by atoms with Gasteiger partial charge in [-0.3, -0.25) is 0 Å². The molecule has 0 saturated carbocycles. The van der Waals surface area contributed by atoms with Crippen molar-refractivity contribution in [2.45, 2.75) is 140 Å². The first-order valence-electron chi connectivity index (χ1n) is 16.2. The molecule has 222 valence electrons. The lowest BCUT2D eigenvalue weighted by Crippen LogP contribution is -2.27. The van der Waals surface area contributed by atoms with E-state index in [2.05, 4.69) is 124 Å². The summed E-state index contributed by atoms with van der Waals surface area (Å²) in [6, 6.07) is 0. The molecule has 0 heterocycles. The van der Waals surface area contributed by atoms with Crippen molar-refractivity contribution in [1.82, 2.24) is 0 Å². The third-order valence-corrected chi connectivity index (χ3v) is 9.51. The second-order valence-corrected chi connectivity index (χ2v) is 14.3. The highest BCUT2D eigenvalue weighted by Crippen LogP contribution is 2.44. The fraction of sp³-hybridized carbons (Fsp3) is 0.600. The van der Waals surface area contributed by atoms with Gasteiger partial charge in [-0.25, -0.2) is 0 Å².